The molecular formula is C38H32FIrN3O-2. The van der Waals surface area contributed by atoms with E-state index in [0.29, 0.717) is 16.5 Å². The van der Waals surface area contributed by atoms with Crippen molar-refractivity contribution in [3.05, 3.63) is 132 Å². The summed E-state index contributed by atoms with van der Waals surface area (Å²) in [5.74, 6) is -0.216. The summed E-state index contributed by atoms with van der Waals surface area (Å²) in [6.45, 7) is -0.480. The molecule has 0 amide bonds. The Kier molecular flexibility index (Phi) is 7.00. The van der Waals surface area contributed by atoms with Crippen LogP contribution >= 0.6 is 0 Å². The van der Waals surface area contributed by atoms with Crippen molar-refractivity contribution >= 4 is 11.0 Å². The molecule has 6 aromatic rings. The van der Waals surface area contributed by atoms with Gasteiger partial charge in [-0.2, -0.15) is 5.26 Å². The predicted octanol–water partition coefficient (Wildman–Crippen LogP) is 9.72. The SMILES string of the molecule is Fc1c[c-]c(-c2ccccn2)cc1.[2H]c1cc(C([2H])([2H])C(C)(C)C)cc(C([2H])([2H])[2H])c1-c1cc(-c2[c-]ccc3cc(C#N)oc23)ncc1C([2H])([2H])[2H].[Ir]. The Morgan fingerprint density at radius 1 is 1.00 bits per heavy atom. The second-order valence-electron chi connectivity index (χ2n) is 10.7. The Hall–Kier alpha value is -4.43. The molecule has 3 aromatic carbocycles. The molecule has 0 aliphatic heterocycles. The molecule has 44 heavy (non-hydrogen) atoms. The van der Waals surface area contributed by atoms with Gasteiger partial charge in [-0.05, 0) is 76.8 Å². The molecular weight excluding hydrogens is 726 g/mol. The summed E-state index contributed by atoms with van der Waals surface area (Å²) < 4.78 is 93.1. The first-order chi connectivity index (χ1) is 24.2. The molecule has 6 rings (SSSR count). The molecule has 3 aromatic heterocycles. The largest absolute Gasteiger partial charge is 0.492 e. The maximum Gasteiger partial charge on any atom is 0.192 e. The van der Waals surface area contributed by atoms with E-state index in [2.05, 4.69) is 22.1 Å². The zero-order valence-electron chi connectivity index (χ0n) is 33.0. The summed E-state index contributed by atoms with van der Waals surface area (Å²) in [6.07, 6.45) is 0.829. The number of rotatable bonds is 4. The summed E-state index contributed by atoms with van der Waals surface area (Å²) in [7, 11) is 0. The number of hydrogen-bond acceptors (Lipinski definition) is 4. The third-order valence-electron chi connectivity index (χ3n) is 6.19. The maximum atomic E-state index is 12.6. The van der Waals surface area contributed by atoms with Crippen LogP contribution in [0.3, 0.4) is 0 Å². The second-order valence-corrected chi connectivity index (χ2v) is 10.7. The smallest absolute Gasteiger partial charge is 0.192 e. The van der Waals surface area contributed by atoms with Crippen LogP contribution in [0, 0.1) is 48.4 Å². The minimum atomic E-state index is -2.79. The monoisotopic (exact) mass is 767 g/mol. The Bertz CT molecular complexity index is 2280. The summed E-state index contributed by atoms with van der Waals surface area (Å²) in [6, 6.07) is 26.0. The quantitative estimate of drug-likeness (QED) is 0.168. The summed E-state index contributed by atoms with van der Waals surface area (Å²) in [5, 5.41) is 9.85. The van der Waals surface area contributed by atoms with Crippen LogP contribution < -0.4 is 0 Å². The molecule has 0 aliphatic rings. The first-order valence-electron chi connectivity index (χ1n) is 17.8. The van der Waals surface area contributed by atoms with E-state index in [4.69, 9.17) is 16.8 Å². The van der Waals surface area contributed by atoms with Crippen molar-refractivity contribution in [3.8, 4) is 39.7 Å². The van der Waals surface area contributed by atoms with Crippen LogP contribution in [0.1, 0.15) is 55.6 Å². The third-order valence-corrected chi connectivity index (χ3v) is 6.19. The van der Waals surface area contributed by atoms with Gasteiger partial charge in [0, 0.05) is 49.3 Å². The average Bonchev–Trinajstić information content (AvgIpc) is 3.51. The van der Waals surface area contributed by atoms with E-state index in [1.165, 1.54) is 30.3 Å². The van der Waals surface area contributed by atoms with Crippen LogP contribution in [0.2, 0.25) is 0 Å². The number of pyridine rings is 2. The van der Waals surface area contributed by atoms with Gasteiger partial charge in [-0.3, -0.25) is 4.39 Å². The Morgan fingerprint density at radius 3 is 2.52 bits per heavy atom. The van der Waals surface area contributed by atoms with Crippen LogP contribution in [0.4, 0.5) is 4.39 Å². The van der Waals surface area contributed by atoms with E-state index in [1.54, 1.807) is 51.2 Å². The molecule has 3 heterocycles. The van der Waals surface area contributed by atoms with E-state index in [9.17, 15) is 9.65 Å². The third kappa shape index (κ3) is 7.74. The van der Waals surface area contributed by atoms with Crippen LogP contribution in [0.15, 0.2) is 95.6 Å². The fourth-order valence-electron chi connectivity index (χ4n) is 4.36. The van der Waals surface area contributed by atoms with Gasteiger partial charge in [-0.15, -0.1) is 48.0 Å². The van der Waals surface area contributed by atoms with Gasteiger partial charge >= 0.3 is 0 Å². The Balaban J connectivity index is 0.000000375. The molecule has 0 spiro atoms. The summed E-state index contributed by atoms with van der Waals surface area (Å²) >= 11 is 0. The molecule has 0 bridgehead atoms. The van der Waals surface area contributed by atoms with Gasteiger partial charge in [0.2, 0.25) is 0 Å². The topological polar surface area (TPSA) is 62.7 Å². The molecule has 6 heteroatoms. The van der Waals surface area contributed by atoms with Crippen molar-refractivity contribution in [2.45, 2.75) is 40.8 Å². The van der Waals surface area contributed by atoms with E-state index in [1.807, 2.05) is 24.3 Å². The molecule has 0 aliphatic carbocycles. The minimum Gasteiger partial charge on any atom is -0.492 e. The molecule has 0 saturated carbocycles. The Labute approximate surface area is 284 Å². The van der Waals surface area contributed by atoms with Gasteiger partial charge in [-0.1, -0.05) is 68.1 Å². The maximum absolute atomic E-state index is 12.6. The molecule has 1 radical (unpaired) electrons. The van der Waals surface area contributed by atoms with Crippen LogP contribution in [0.5, 0.6) is 0 Å². The van der Waals surface area contributed by atoms with E-state index in [-0.39, 0.29) is 71.2 Å². The number of nitrogens with zero attached hydrogens (tertiary/aromatic N) is 3. The predicted molar refractivity (Wildman–Crippen MR) is 170 cm³/mol. The number of benzene rings is 3. The van der Waals surface area contributed by atoms with Gasteiger partial charge in [-0.25, -0.2) is 0 Å². The van der Waals surface area contributed by atoms with Crippen molar-refractivity contribution in [2.24, 2.45) is 5.41 Å². The van der Waals surface area contributed by atoms with Crippen molar-refractivity contribution in [2.75, 3.05) is 0 Å². The van der Waals surface area contributed by atoms with Gasteiger partial charge in [0.05, 0.1) is 6.95 Å². The first kappa shape index (κ1) is 22.1. The van der Waals surface area contributed by atoms with Gasteiger partial charge in [0.1, 0.15) is 6.07 Å². The van der Waals surface area contributed by atoms with Gasteiger partial charge < -0.3 is 14.4 Å². The van der Waals surface area contributed by atoms with Crippen LogP contribution in [-0.2, 0) is 26.5 Å². The summed E-state index contributed by atoms with van der Waals surface area (Å²) in [5.41, 5.74) is 0.739. The zero-order valence-corrected chi connectivity index (χ0v) is 26.4. The molecule has 0 fully saturated rings. The number of halogens is 1. The van der Waals surface area contributed by atoms with Crippen molar-refractivity contribution in [1.82, 2.24) is 9.97 Å². The molecule has 0 unspecified atom stereocenters. The number of nitriles is 1. The number of aryl methyl sites for hydroxylation is 2. The standard InChI is InChI=1S/C27H25N2O.C11H7FN.Ir/c1-17-11-19(14-27(3,4)5)9-10-22(17)24-13-25(29-16-18(24)2)23-8-6-7-20-12-21(15-28)30-26(20)23;12-10-6-4-9(5-7-10)11-3-1-2-8-13-11;/h6-7,9-13,16H,14H2,1-5H3;1-4,6-8H;/q2*-1;/i1D3,2D3,10D,14D2;;. The number of hydrogen-bond donors (Lipinski definition) is 0. The van der Waals surface area contributed by atoms with Gasteiger partial charge in [0.15, 0.2) is 5.76 Å². The number of furan rings is 1. The second kappa shape index (κ2) is 13.9. The van der Waals surface area contributed by atoms with E-state index in [0.717, 1.165) is 17.5 Å². The number of aromatic nitrogens is 2. The average molecular weight is 767 g/mol. The van der Waals surface area contributed by atoms with E-state index >= 15 is 0 Å². The summed E-state index contributed by atoms with van der Waals surface area (Å²) in [4.78, 5) is 8.43. The minimum absolute atomic E-state index is 0. The molecule has 4 nitrogen and oxygen atoms in total. The fourth-order valence-corrected chi connectivity index (χ4v) is 4.36. The van der Waals surface area contributed by atoms with Gasteiger partial charge in [0.25, 0.3) is 0 Å². The Morgan fingerprint density at radius 2 is 1.84 bits per heavy atom. The number of fused-ring (bicyclic) bond motifs is 1. The van der Waals surface area contributed by atoms with Crippen molar-refractivity contribution < 1.29 is 41.2 Å². The van der Waals surface area contributed by atoms with Crippen LogP contribution in [-0.4, -0.2) is 9.97 Å². The zero-order chi connectivity index (χ0) is 38.2. The first-order valence-corrected chi connectivity index (χ1v) is 13.3. The molecule has 0 N–H and O–H groups in total. The molecule has 223 valence electrons. The molecule has 0 atom stereocenters. The normalized spacial score (nSPS) is 14.8. The van der Waals surface area contributed by atoms with Crippen LogP contribution in [0.25, 0.3) is 44.6 Å². The fraction of sp³-hybridized carbons (Fsp3) is 0.184. The molecule has 0 saturated heterocycles. The van der Waals surface area contributed by atoms with E-state index < -0.39 is 25.5 Å². The van der Waals surface area contributed by atoms with Crippen molar-refractivity contribution in [3.63, 3.8) is 0 Å². The van der Waals surface area contributed by atoms with Crippen molar-refractivity contribution in [1.29, 1.82) is 5.26 Å².